The molecule has 1 aromatic carbocycles. The lowest BCUT2D eigenvalue weighted by Gasteiger charge is -2.23. The second kappa shape index (κ2) is 13.4. The number of allylic oxidation sites excluding steroid dienone is 1. The lowest BCUT2D eigenvalue weighted by molar-refractivity contribution is -0.137. The fraction of sp³-hybridized carbons (Fsp3) is 0.591. The zero-order valence-corrected chi connectivity index (χ0v) is 16.9. The van der Waals surface area contributed by atoms with Gasteiger partial charge in [-0.15, -0.1) is 0 Å². The van der Waals surface area contributed by atoms with Crippen LogP contribution in [0.15, 0.2) is 42.5 Å². The van der Waals surface area contributed by atoms with Crippen molar-refractivity contribution < 1.29 is 28.5 Å². The van der Waals surface area contributed by atoms with E-state index in [0.717, 1.165) is 24.8 Å². The molecular weight excluding hydrogens is 360 g/mol. The second-order valence-electron chi connectivity index (χ2n) is 6.72. The number of carbonyl (C=O) groups excluding carboxylic acids is 1. The summed E-state index contributed by atoms with van der Waals surface area (Å²) in [5, 5.41) is 0. The molecule has 0 bridgehead atoms. The SMILES string of the molecule is CCOC(=O)/C=C/CC[C@H](OCOC)[C@@H]1CC[C@@H](COCc2ccccc2)O1. The van der Waals surface area contributed by atoms with Crippen LogP contribution in [0.3, 0.4) is 0 Å². The summed E-state index contributed by atoms with van der Waals surface area (Å²) >= 11 is 0. The smallest absolute Gasteiger partial charge is 0.330 e. The third-order valence-corrected chi connectivity index (χ3v) is 4.53. The monoisotopic (exact) mass is 392 g/mol. The van der Waals surface area contributed by atoms with Crippen LogP contribution in [0.2, 0.25) is 0 Å². The topological polar surface area (TPSA) is 63.2 Å². The van der Waals surface area contributed by atoms with Crippen molar-refractivity contribution in [3.8, 4) is 0 Å². The Morgan fingerprint density at radius 1 is 1.29 bits per heavy atom. The quantitative estimate of drug-likeness (QED) is 0.290. The van der Waals surface area contributed by atoms with Gasteiger partial charge in [-0.3, -0.25) is 0 Å². The van der Waals surface area contributed by atoms with Gasteiger partial charge in [-0.2, -0.15) is 0 Å². The Kier molecular flexibility index (Phi) is 10.8. The molecule has 0 saturated carbocycles. The highest BCUT2D eigenvalue weighted by Gasteiger charge is 2.32. The van der Waals surface area contributed by atoms with Crippen molar-refractivity contribution in [2.75, 3.05) is 27.1 Å². The summed E-state index contributed by atoms with van der Waals surface area (Å²) < 4.78 is 27.7. The summed E-state index contributed by atoms with van der Waals surface area (Å²) in [5.74, 6) is -0.315. The third kappa shape index (κ3) is 8.52. The van der Waals surface area contributed by atoms with Crippen LogP contribution < -0.4 is 0 Å². The molecule has 1 saturated heterocycles. The van der Waals surface area contributed by atoms with E-state index in [0.29, 0.717) is 26.2 Å². The van der Waals surface area contributed by atoms with E-state index in [1.54, 1.807) is 14.0 Å². The van der Waals surface area contributed by atoms with E-state index in [9.17, 15) is 4.79 Å². The summed E-state index contributed by atoms with van der Waals surface area (Å²) in [4.78, 5) is 11.4. The van der Waals surface area contributed by atoms with Gasteiger partial charge in [0.2, 0.25) is 0 Å². The fourth-order valence-electron chi connectivity index (χ4n) is 3.17. The Morgan fingerprint density at radius 3 is 2.86 bits per heavy atom. The maximum atomic E-state index is 11.4. The number of esters is 1. The molecule has 1 heterocycles. The lowest BCUT2D eigenvalue weighted by atomic mass is 10.0. The van der Waals surface area contributed by atoms with Crippen LogP contribution in [-0.2, 0) is 35.1 Å². The largest absolute Gasteiger partial charge is 0.463 e. The first-order chi connectivity index (χ1) is 13.7. The summed E-state index contributed by atoms with van der Waals surface area (Å²) in [6, 6.07) is 10.1. The van der Waals surface area contributed by atoms with Gasteiger partial charge in [-0.25, -0.2) is 4.79 Å². The molecule has 0 N–H and O–H groups in total. The van der Waals surface area contributed by atoms with Gasteiger partial charge in [0, 0.05) is 13.2 Å². The van der Waals surface area contributed by atoms with Crippen molar-refractivity contribution in [1.82, 2.24) is 0 Å². The predicted molar refractivity (Wildman–Crippen MR) is 106 cm³/mol. The first-order valence-electron chi connectivity index (χ1n) is 9.93. The maximum absolute atomic E-state index is 11.4. The zero-order chi connectivity index (χ0) is 20.0. The molecule has 1 aromatic rings. The molecule has 0 amide bonds. The zero-order valence-electron chi connectivity index (χ0n) is 16.9. The van der Waals surface area contributed by atoms with E-state index in [1.165, 1.54) is 6.08 Å². The second-order valence-corrected chi connectivity index (χ2v) is 6.72. The molecule has 1 aliphatic rings. The molecule has 0 aromatic heterocycles. The number of methoxy groups -OCH3 is 1. The molecule has 0 radical (unpaired) electrons. The van der Waals surface area contributed by atoms with Crippen molar-refractivity contribution >= 4 is 5.97 Å². The number of hydrogen-bond acceptors (Lipinski definition) is 6. The molecule has 156 valence electrons. The number of ether oxygens (including phenoxy) is 5. The number of hydrogen-bond donors (Lipinski definition) is 0. The highest BCUT2D eigenvalue weighted by Crippen LogP contribution is 2.26. The molecule has 1 fully saturated rings. The average molecular weight is 392 g/mol. The van der Waals surface area contributed by atoms with Crippen molar-refractivity contribution in [1.29, 1.82) is 0 Å². The summed E-state index contributed by atoms with van der Waals surface area (Å²) in [5.41, 5.74) is 1.16. The van der Waals surface area contributed by atoms with E-state index < -0.39 is 0 Å². The number of benzene rings is 1. The van der Waals surface area contributed by atoms with Gasteiger partial charge >= 0.3 is 5.97 Å². The van der Waals surface area contributed by atoms with Crippen LogP contribution in [0, 0.1) is 0 Å². The lowest BCUT2D eigenvalue weighted by Crippen LogP contribution is -2.31. The van der Waals surface area contributed by atoms with Gasteiger partial charge in [0.15, 0.2) is 0 Å². The Labute approximate surface area is 167 Å². The minimum absolute atomic E-state index is 0.0106. The highest BCUT2D eigenvalue weighted by molar-refractivity contribution is 5.81. The van der Waals surface area contributed by atoms with Crippen molar-refractivity contribution in [3.63, 3.8) is 0 Å². The van der Waals surface area contributed by atoms with Crippen molar-refractivity contribution in [2.45, 2.75) is 57.5 Å². The third-order valence-electron chi connectivity index (χ3n) is 4.53. The summed E-state index contributed by atoms with van der Waals surface area (Å²) in [6.45, 7) is 3.56. The molecule has 0 unspecified atom stereocenters. The van der Waals surface area contributed by atoms with Crippen molar-refractivity contribution in [2.24, 2.45) is 0 Å². The Balaban J connectivity index is 1.73. The first kappa shape index (κ1) is 22.6. The molecule has 6 nitrogen and oxygen atoms in total. The first-order valence-corrected chi connectivity index (χ1v) is 9.93. The van der Waals surface area contributed by atoms with Crippen LogP contribution in [0.25, 0.3) is 0 Å². The van der Waals surface area contributed by atoms with E-state index in [4.69, 9.17) is 23.7 Å². The van der Waals surface area contributed by atoms with Crippen molar-refractivity contribution in [3.05, 3.63) is 48.0 Å². The van der Waals surface area contributed by atoms with Gasteiger partial charge in [-0.05, 0) is 38.2 Å². The standard InChI is InChI=1S/C22H32O6/c1-3-26-22(23)12-8-7-11-20(27-17-24-2)21-14-13-19(28-21)16-25-15-18-9-5-4-6-10-18/h4-6,8-10,12,19-21H,3,7,11,13-17H2,1-2H3/b12-8+/t19-,20-,21-/m0/s1. The van der Waals surface area contributed by atoms with Gasteiger partial charge in [-0.1, -0.05) is 36.4 Å². The molecule has 0 spiro atoms. The van der Waals surface area contributed by atoms with E-state index in [2.05, 4.69) is 12.1 Å². The van der Waals surface area contributed by atoms with E-state index in [-0.39, 0.29) is 31.1 Å². The highest BCUT2D eigenvalue weighted by atomic mass is 16.7. The minimum atomic E-state index is -0.315. The molecule has 2 rings (SSSR count). The molecule has 6 heteroatoms. The Bertz CT molecular complexity index is 574. The molecule has 3 atom stereocenters. The van der Waals surface area contributed by atoms with Crippen LogP contribution in [0.4, 0.5) is 0 Å². The van der Waals surface area contributed by atoms with E-state index in [1.807, 2.05) is 24.3 Å². The maximum Gasteiger partial charge on any atom is 0.330 e. The van der Waals surface area contributed by atoms with Gasteiger partial charge in [0.1, 0.15) is 6.79 Å². The van der Waals surface area contributed by atoms with E-state index >= 15 is 0 Å². The summed E-state index contributed by atoms with van der Waals surface area (Å²) in [6.07, 6.45) is 6.63. The number of carbonyl (C=O) groups is 1. The molecule has 1 aliphatic heterocycles. The average Bonchev–Trinajstić information content (AvgIpc) is 3.17. The van der Waals surface area contributed by atoms with Crippen LogP contribution in [0.5, 0.6) is 0 Å². The Hall–Kier alpha value is -1.73. The molecule has 28 heavy (non-hydrogen) atoms. The minimum Gasteiger partial charge on any atom is -0.463 e. The van der Waals surface area contributed by atoms with Gasteiger partial charge in [0.25, 0.3) is 0 Å². The molecule has 0 aliphatic carbocycles. The van der Waals surface area contributed by atoms with Crippen LogP contribution >= 0.6 is 0 Å². The van der Waals surface area contributed by atoms with Gasteiger partial charge in [0.05, 0.1) is 38.1 Å². The Morgan fingerprint density at radius 2 is 2.11 bits per heavy atom. The predicted octanol–water partition coefficient (Wildman–Crippen LogP) is 3.64. The normalized spacial score (nSPS) is 20.5. The van der Waals surface area contributed by atoms with Crippen LogP contribution in [-0.4, -0.2) is 51.4 Å². The van der Waals surface area contributed by atoms with Gasteiger partial charge < -0.3 is 23.7 Å². The molecular formula is C22H32O6. The summed E-state index contributed by atoms with van der Waals surface area (Å²) in [7, 11) is 1.60. The number of rotatable bonds is 13. The fourth-order valence-corrected chi connectivity index (χ4v) is 3.17. The van der Waals surface area contributed by atoms with Crippen LogP contribution in [0.1, 0.15) is 38.2 Å².